The number of rotatable bonds is 4. The number of amides is 1. The van der Waals surface area contributed by atoms with Gasteiger partial charge in [-0.25, -0.2) is 0 Å². The third kappa shape index (κ3) is 4.06. The summed E-state index contributed by atoms with van der Waals surface area (Å²) in [6.45, 7) is 0.199. The zero-order valence-corrected chi connectivity index (χ0v) is 13.7. The van der Waals surface area contributed by atoms with Crippen molar-refractivity contribution >= 4 is 5.91 Å². The fourth-order valence-corrected chi connectivity index (χ4v) is 2.22. The SMILES string of the molecule is COc1ccccc1C#CCNC(=O)c1cc(-c2ccccc2)on1. The molecule has 2 aromatic carbocycles. The van der Waals surface area contributed by atoms with Crippen molar-refractivity contribution in [2.45, 2.75) is 0 Å². The van der Waals surface area contributed by atoms with E-state index >= 15 is 0 Å². The molecule has 0 aliphatic rings. The van der Waals surface area contributed by atoms with Gasteiger partial charge in [0, 0.05) is 11.6 Å². The summed E-state index contributed by atoms with van der Waals surface area (Å²) >= 11 is 0. The van der Waals surface area contributed by atoms with E-state index in [0.29, 0.717) is 11.5 Å². The molecule has 0 saturated heterocycles. The van der Waals surface area contributed by atoms with Crippen LogP contribution in [0.25, 0.3) is 11.3 Å². The predicted octanol–water partition coefficient (Wildman–Crippen LogP) is 3.13. The topological polar surface area (TPSA) is 64.4 Å². The maximum atomic E-state index is 12.1. The third-order valence-corrected chi connectivity index (χ3v) is 3.47. The van der Waals surface area contributed by atoms with Crippen LogP contribution in [0.1, 0.15) is 16.1 Å². The fourth-order valence-electron chi connectivity index (χ4n) is 2.22. The summed E-state index contributed by atoms with van der Waals surface area (Å²) in [5.41, 5.74) is 1.86. The van der Waals surface area contributed by atoms with E-state index in [1.165, 1.54) is 0 Å². The maximum Gasteiger partial charge on any atom is 0.274 e. The van der Waals surface area contributed by atoms with Crippen LogP contribution in [0.2, 0.25) is 0 Å². The second-order valence-corrected chi connectivity index (χ2v) is 5.13. The van der Waals surface area contributed by atoms with Crippen LogP contribution in [0.15, 0.2) is 65.2 Å². The highest BCUT2D eigenvalue weighted by Gasteiger charge is 2.12. The normalized spacial score (nSPS) is 9.80. The molecule has 0 fully saturated rings. The zero-order chi connectivity index (χ0) is 17.5. The van der Waals surface area contributed by atoms with Gasteiger partial charge in [0.25, 0.3) is 5.91 Å². The Morgan fingerprint density at radius 2 is 1.92 bits per heavy atom. The minimum atomic E-state index is -0.333. The van der Waals surface area contributed by atoms with Gasteiger partial charge in [0.15, 0.2) is 11.5 Å². The first-order valence-corrected chi connectivity index (χ1v) is 7.70. The lowest BCUT2D eigenvalue weighted by atomic mass is 10.1. The Morgan fingerprint density at radius 1 is 1.16 bits per heavy atom. The Kier molecular flexibility index (Phi) is 5.13. The van der Waals surface area contributed by atoms with E-state index in [-0.39, 0.29) is 18.1 Å². The molecule has 0 spiro atoms. The van der Waals surface area contributed by atoms with Crippen LogP contribution in [0, 0.1) is 11.8 Å². The van der Waals surface area contributed by atoms with Crippen molar-refractivity contribution in [3.63, 3.8) is 0 Å². The van der Waals surface area contributed by atoms with Crippen molar-refractivity contribution in [1.82, 2.24) is 10.5 Å². The minimum absolute atomic E-state index is 0.199. The van der Waals surface area contributed by atoms with E-state index in [1.54, 1.807) is 13.2 Å². The minimum Gasteiger partial charge on any atom is -0.495 e. The number of ether oxygens (including phenoxy) is 1. The molecule has 0 aliphatic carbocycles. The highest BCUT2D eigenvalue weighted by Crippen LogP contribution is 2.19. The Hall–Kier alpha value is -3.52. The zero-order valence-electron chi connectivity index (χ0n) is 13.7. The molecule has 1 aromatic heterocycles. The van der Waals surface area contributed by atoms with Crippen molar-refractivity contribution in [3.05, 3.63) is 71.9 Å². The molecule has 0 unspecified atom stereocenters. The Labute approximate surface area is 145 Å². The van der Waals surface area contributed by atoms with Crippen LogP contribution in [0.3, 0.4) is 0 Å². The number of nitrogens with zero attached hydrogens (tertiary/aromatic N) is 1. The van der Waals surface area contributed by atoms with Gasteiger partial charge in [-0.3, -0.25) is 4.79 Å². The van der Waals surface area contributed by atoms with Crippen molar-refractivity contribution in [2.24, 2.45) is 0 Å². The van der Waals surface area contributed by atoms with E-state index in [1.807, 2.05) is 54.6 Å². The molecule has 0 atom stereocenters. The van der Waals surface area contributed by atoms with Gasteiger partial charge in [-0.15, -0.1) is 0 Å². The average Bonchev–Trinajstić information content (AvgIpc) is 3.16. The van der Waals surface area contributed by atoms with Crippen LogP contribution in [0.5, 0.6) is 5.75 Å². The van der Waals surface area contributed by atoms with Crippen LogP contribution in [0.4, 0.5) is 0 Å². The summed E-state index contributed by atoms with van der Waals surface area (Å²) in [5, 5.41) is 6.50. The number of carbonyl (C=O) groups excluding carboxylic acids is 1. The number of aromatic nitrogens is 1. The number of benzene rings is 2. The first kappa shape index (κ1) is 16.3. The van der Waals surface area contributed by atoms with Gasteiger partial charge in [0.2, 0.25) is 0 Å². The van der Waals surface area contributed by atoms with E-state index in [0.717, 1.165) is 11.1 Å². The molecule has 5 nitrogen and oxygen atoms in total. The number of hydrogen-bond acceptors (Lipinski definition) is 4. The van der Waals surface area contributed by atoms with E-state index in [9.17, 15) is 4.79 Å². The van der Waals surface area contributed by atoms with Gasteiger partial charge in [-0.05, 0) is 12.1 Å². The van der Waals surface area contributed by atoms with Gasteiger partial charge in [0.05, 0.1) is 19.2 Å². The van der Waals surface area contributed by atoms with Gasteiger partial charge in [-0.1, -0.05) is 59.5 Å². The number of nitrogens with one attached hydrogen (secondary N) is 1. The second-order valence-electron chi connectivity index (χ2n) is 5.13. The summed E-state index contributed by atoms with van der Waals surface area (Å²) in [6, 6.07) is 18.5. The first-order chi connectivity index (χ1) is 12.3. The molecule has 0 radical (unpaired) electrons. The molecule has 1 heterocycles. The van der Waals surface area contributed by atoms with Crippen molar-refractivity contribution in [2.75, 3.05) is 13.7 Å². The number of carbonyl (C=O) groups is 1. The quantitative estimate of drug-likeness (QED) is 0.746. The third-order valence-electron chi connectivity index (χ3n) is 3.47. The van der Waals surface area contributed by atoms with E-state index < -0.39 is 0 Å². The molecule has 124 valence electrons. The summed E-state index contributed by atoms with van der Waals surface area (Å²) in [4.78, 5) is 12.1. The summed E-state index contributed by atoms with van der Waals surface area (Å²) < 4.78 is 10.4. The molecule has 25 heavy (non-hydrogen) atoms. The Morgan fingerprint density at radius 3 is 2.72 bits per heavy atom. The van der Waals surface area contributed by atoms with Gasteiger partial charge < -0.3 is 14.6 Å². The molecule has 0 aliphatic heterocycles. The van der Waals surface area contributed by atoms with E-state index in [2.05, 4.69) is 22.3 Å². The summed E-state index contributed by atoms with van der Waals surface area (Å²) in [7, 11) is 1.59. The van der Waals surface area contributed by atoms with Crippen LogP contribution in [-0.4, -0.2) is 24.7 Å². The lowest BCUT2D eigenvalue weighted by Crippen LogP contribution is -2.23. The molecular weight excluding hydrogens is 316 g/mol. The molecule has 3 aromatic rings. The number of methoxy groups -OCH3 is 1. The molecule has 5 heteroatoms. The van der Waals surface area contributed by atoms with Crippen molar-refractivity contribution in [1.29, 1.82) is 0 Å². The summed E-state index contributed by atoms with van der Waals surface area (Å²) in [5.74, 6) is 6.78. The van der Waals surface area contributed by atoms with Crippen molar-refractivity contribution in [3.8, 4) is 28.9 Å². The average molecular weight is 332 g/mol. The molecule has 0 saturated carbocycles. The molecule has 3 rings (SSSR count). The second kappa shape index (κ2) is 7.84. The Bertz CT molecular complexity index is 921. The van der Waals surface area contributed by atoms with Gasteiger partial charge in [0.1, 0.15) is 5.75 Å². The van der Waals surface area contributed by atoms with Gasteiger partial charge in [-0.2, -0.15) is 0 Å². The molecular formula is C20H16N2O3. The molecule has 1 N–H and O–H groups in total. The largest absolute Gasteiger partial charge is 0.495 e. The number of hydrogen-bond donors (Lipinski definition) is 1. The first-order valence-electron chi connectivity index (χ1n) is 7.70. The lowest BCUT2D eigenvalue weighted by molar-refractivity contribution is 0.0950. The molecule has 0 bridgehead atoms. The van der Waals surface area contributed by atoms with E-state index in [4.69, 9.17) is 9.26 Å². The van der Waals surface area contributed by atoms with Gasteiger partial charge >= 0.3 is 0 Å². The highest BCUT2D eigenvalue weighted by atomic mass is 16.5. The smallest absolute Gasteiger partial charge is 0.274 e. The van der Waals surface area contributed by atoms with Crippen LogP contribution >= 0.6 is 0 Å². The predicted molar refractivity (Wildman–Crippen MR) is 94.1 cm³/mol. The monoisotopic (exact) mass is 332 g/mol. The van der Waals surface area contributed by atoms with Crippen LogP contribution < -0.4 is 10.1 Å². The highest BCUT2D eigenvalue weighted by molar-refractivity contribution is 5.93. The standard InChI is InChI=1S/C20H16N2O3/c1-24-18-12-6-5-10-15(18)11-7-13-21-20(23)17-14-19(25-22-17)16-8-3-2-4-9-16/h2-6,8-10,12,14H,13H2,1H3,(H,21,23). The fraction of sp³-hybridized carbons (Fsp3) is 0.100. The van der Waals surface area contributed by atoms with Crippen LogP contribution in [-0.2, 0) is 0 Å². The lowest BCUT2D eigenvalue weighted by Gasteiger charge is -2.01. The Balaban J connectivity index is 1.61. The number of para-hydroxylation sites is 1. The van der Waals surface area contributed by atoms with Crippen molar-refractivity contribution < 1.29 is 14.1 Å². The maximum absolute atomic E-state index is 12.1. The molecule has 1 amide bonds. The summed E-state index contributed by atoms with van der Waals surface area (Å²) in [6.07, 6.45) is 0.